The normalized spacial score (nSPS) is 28.1. The molecule has 3 heterocycles. The lowest BCUT2D eigenvalue weighted by Crippen LogP contribution is -2.37. The summed E-state index contributed by atoms with van der Waals surface area (Å²) in [5.41, 5.74) is -0.0306. The van der Waals surface area contributed by atoms with Gasteiger partial charge < -0.3 is 10.1 Å². The van der Waals surface area contributed by atoms with Crippen LogP contribution in [0, 0.1) is 11.3 Å². The van der Waals surface area contributed by atoms with Gasteiger partial charge in [0.15, 0.2) is 0 Å². The Labute approximate surface area is 136 Å². The Morgan fingerprint density at radius 3 is 3.13 bits per heavy atom. The second-order valence-electron chi connectivity index (χ2n) is 6.04. The third-order valence-electron chi connectivity index (χ3n) is 4.46. The van der Waals surface area contributed by atoms with Crippen LogP contribution in [0.1, 0.15) is 25.5 Å². The van der Waals surface area contributed by atoms with E-state index < -0.39 is 15.6 Å². The molecule has 2 atom stereocenters. The van der Waals surface area contributed by atoms with Crippen molar-refractivity contribution in [3.63, 3.8) is 0 Å². The Hall–Kier alpha value is -1.69. The summed E-state index contributed by atoms with van der Waals surface area (Å²) in [6, 6.07) is 7.34. The molecule has 124 valence electrons. The first-order chi connectivity index (χ1) is 11.0. The average molecular weight is 336 g/mol. The fourth-order valence-corrected chi connectivity index (χ4v) is 4.40. The zero-order chi connectivity index (χ0) is 16.5. The first-order valence-corrected chi connectivity index (χ1v) is 9.33. The van der Waals surface area contributed by atoms with E-state index >= 15 is 0 Å². The highest BCUT2D eigenvalue weighted by molar-refractivity contribution is 7.89. The highest BCUT2D eigenvalue weighted by Gasteiger charge is 2.48. The van der Waals surface area contributed by atoms with Crippen LogP contribution in [0.4, 0.5) is 5.82 Å². The maximum atomic E-state index is 12.0. The Kier molecular flexibility index (Phi) is 4.27. The summed E-state index contributed by atoms with van der Waals surface area (Å²) in [6.07, 6.45) is 1.46. The van der Waals surface area contributed by atoms with Crippen molar-refractivity contribution >= 4 is 15.8 Å². The quantitative estimate of drug-likeness (QED) is 0.879. The number of hydrogen-bond donors (Lipinski definition) is 1. The number of pyridine rings is 1. The third kappa shape index (κ3) is 3.32. The summed E-state index contributed by atoms with van der Waals surface area (Å²) in [4.78, 5) is 4.20. The van der Waals surface area contributed by atoms with Crippen LogP contribution in [0.3, 0.4) is 0 Å². The minimum atomic E-state index is -3.16. The van der Waals surface area contributed by atoms with Crippen LogP contribution in [0.25, 0.3) is 0 Å². The lowest BCUT2D eigenvalue weighted by atomic mass is 9.97. The molecule has 2 saturated heterocycles. The van der Waals surface area contributed by atoms with Gasteiger partial charge >= 0.3 is 0 Å². The van der Waals surface area contributed by atoms with E-state index in [1.165, 1.54) is 4.31 Å². The molecule has 2 aliphatic rings. The molecule has 1 aromatic rings. The molecule has 8 heteroatoms. The highest BCUT2D eigenvalue weighted by atomic mass is 32.2. The standard InChI is InChI=1S/C15H20N4O3S/c1-2-23(20,21)19-7-6-15(11-19)8-13(10-22-15)18-14-5-3-4-12(9-16)17-14/h3-5,13H,2,6-8,10-11H2,1H3,(H,17,18). The fraction of sp³-hybridized carbons (Fsp3) is 0.600. The highest BCUT2D eigenvalue weighted by Crippen LogP contribution is 2.37. The molecular formula is C15H20N4O3S. The van der Waals surface area contributed by atoms with Gasteiger partial charge in [-0.3, -0.25) is 0 Å². The van der Waals surface area contributed by atoms with Crippen LogP contribution in [0.2, 0.25) is 0 Å². The van der Waals surface area contributed by atoms with Crippen molar-refractivity contribution in [2.24, 2.45) is 0 Å². The average Bonchev–Trinajstić information content (AvgIpc) is 3.15. The number of ether oxygens (including phenoxy) is 1. The molecule has 0 aromatic carbocycles. The third-order valence-corrected chi connectivity index (χ3v) is 6.29. The Balaban J connectivity index is 1.64. The Morgan fingerprint density at radius 2 is 2.39 bits per heavy atom. The van der Waals surface area contributed by atoms with Gasteiger partial charge in [-0.15, -0.1) is 0 Å². The minimum absolute atomic E-state index is 0.0701. The fourth-order valence-electron chi connectivity index (χ4n) is 3.24. The minimum Gasteiger partial charge on any atom is -0.371 e. The monoisotopic (exact) mass is 336 g/mol. The topological polar surface area (TPSA) is 95.3 Å². The van der Waals surface area contributed by atoms with Gasteiger partial charge in [-0.25, -0.2) is 13.4 Å². The van der Waals surface area contributed by atoms with E-state index in [0.717, 1.165) is 12.8 Å². The van der Waals surface area contributed by atoms with Gasteiger partial charge in [0.2, 0.25) is 10.0 Å². The molecule has 2 aliphatic heterocycles. The summed E-state index contributed by atoms with van der Waals surface area (Å²) in [5.74, 6) is 0.765. The number of nitrogens with zero attached hydrogens (tertiary/aromatic N) is 3. The van der Waals surface area contributed by atoms with Crippen molar-refractivity contribution in [1.29, 1.82) is 5.26 Å². The summed E-state index contributed by atoms with van der Waals surface area (Å²) in [6.45, 7) is 3.12. The number of hydrogen-bond acceptors (Lipinski definition) is 6. The van der Waals surface area contributed by atoms with Crippen molar-refractivity contribution < 1.29 is 13.2 Å². The van der Waals surface area contributed by atoms with Crippen molar-refractivity contribution in [3.05, 3.63) is 23.9 Å². The molecule has 0 bridgehead atoms. The smallest absolute Gasteiger partial charge is 0.213 e. The molecule has 2 fully saturated rings. The van der Waals surface area contributed by atoms with Gasteiger partial charge in [-0.05, 0) is 25.5 Å². The first-order valence-electron chi connectivity index (χ1n) is 7.72. The number of rotatable bonds is 4. The van der Waals surface area contributed by atoms with Gasteiger partial charge in [0.25, 0.3) is 0 Å². The summed E-state index contributed by atoms with van der Waals surface area (Å²) >= 11 is 0. The number of nitriles is 1. The second-order valence-corrected chi connectivity index (χ2v) is 8.30. The molecule has 1 aromatic heterocycles. The predicted molar refractivity (Wildman–Crippen MR) is 85.3 cm³/mol. The molecule has 7 nitrogen and oxygen atoms in total. The van der Waals surface area contributed by atoms with Crippen LogP contribution in [0.5, 0.6) is 0 Å². The molecule has 1 N–H and O–H groups in total. The van der Waals surface area contributed by atoms with E-state index in [1.54, 1.807) is 19.1 Å². The number of nitrogens with one attached hydrogen (secondary N) is 1. The molecular weight excluding hydrogens is 316 g/mol. The number of sulfonamides is 1. The molecule has 0 radical (unpaired) electrons. The van der Waals surface area contributed by atoms with Gasteiger partial charge in [-0.2, -0.15) is 9.57 Å². The number of aromatic nitrogens is 1. The molecule has 0 saturated carbocycles. The van der Waals surface area contributed by atoms with E-state index in [0.29, 0.717) is 31.2 Å². The number of anilines is 1. The second kappa shape index (κ2) is 6.07. The predicted octanol–water partition coefficient (Wildman–Crippen LogP) is 0.948. The molecule has 3 rings (SSSR count). The lowest BCUT2D eigenvalue weighted by Gasteiger charge is -2.23. The van der Waals surface area contributed by atoms with E-state index in [2.05, 4.69) is 10.3 Å². The zero-order valence-electron chi connectivity index (χ0n) is 13.0. The van der Waals surface area contributed by atoms with Crippen molar-refractivity contribution in [2.75, 3.05) is 30.8 Å². The zero-order valence-corrected chi connectivity index (χ0v) is 13.8. The largest absolute Gasteiger partial charge is 0.371 e. The van der Waals surface area contributed by atoms with Crippen LogP contribution in [-0.4, -0.2) is 54.8 Å². The van der Waals surface area contributed by atoms with Crippen LogP contribution >= 0.6 is 0 Å². The molecule has 1 spiro atoms. The van der Waals surface area contributed by atoms with E-state index in [4.69, 9.17) is 10.00 Å². The molecule has 0 aliphatic carbocycles. The van der Waals surface area contributed by atoms with Crippen LogP contribution in [-0.2, 0) is 14.8 Å². The van der Waals surface area contributed by atoms with Crippen molar-refractivity contribution in [2.45, 2.75) is 31.4 Å². The van der Waals surface area contributed by atoms with E-state index in [1.807, 2.05) is 12.1 Å². The molecule has 23 heavy (non-hydrogen) atoms. The van der Waals surface area contributed by atoms with E-state index in [-0.39, 0.29) is 11.8 Å². The van der Waals surface area contributed by atoms with Gasteiger partial charge in [0, 0.05) is 19.5 Å². The maximum absolute atomic E-state index is 12.0. The van der Waals surface area contributed by atoms with Crippen LogP contribution in [0.15, 0.2) is 18.2 Å². The van der Waals surface area contributed by atoms with Gasteiger partial charge in [0.05, 0.1) is 24.0 Å². The van der Waals surface area contributed by atoms with Gasteiger partial charge in [0.1, 0.15) is 17.6 Å². The summed E-state index contributed by atoms with van der Waals surface area (Å²) < 4.78 is 31.5. The summed E-state index contributed by atoms with van der Waals surface area (Å²) in [7, 11) is -3.16. The van der Waals surface area contributed by atoms with Crippen molar-refractivity contribution in [3.8, 4) is 6.07 Å². The SMILES string of the molecule is CCS(=O)(=O)N1CCC2(CC(Nc3cccc(C#N)n3)CO2)C1. The van der Waals surface area contributed by atoms with Gasteiger partial charge in [-0.1, -0.05) is 6.07 Å². The van der Waals surface area contributed by atoms with E-state index in [9.17, 15) is 8.42 Å². The Bertz CT molecular complexity index is 730. The van der Waals surface area contributed by atoms with Crippen molar-refractivity contribution in [1.82, 2.24) is 9.29 Å². The lowest BCUT2D eigenvalue weighted by molar-refractivity contribution is 0.0173. The Morgan fingerprint density at radius 1 is 1.57 bits per heavy atom. The summed E-state index contributed by atoms with van der Waals surface area (Å²) in [5, 5.41) is 12.2. The molecule has 2 unspecified atom stereocenters. The maximum Gasteiger partial charge on any atom is 0.213 e. The first kappa shape index (κ1) is 16.2. The molecule has 0 amide bonds. The van der Waals surface area contributed by atoms with Crippen LogP contribution < -0.4 is 5.32 Å².